The fourth-order valence-electron chi connectivity index (χ4n) is 1.34. The Kier molecular flexibility index (Phi) is 3.84. The van der Waals surface area contributed by atoms with Crippen LogP contribution < -0.4 is 5.32 Å². The Morgan fingerprint density at radius 2 is 1.95 bits per heavy atom. The summed E-state index contributed by atoms with van der Waals surface area (Å²) in [5.41, 5.74) is -0.584. The minimum Gasteiger partial charge on any atom is -0.318 e. The highest BCUT2D eigenvalue weighted by Gasteiger charge is 2.15. The van der Waals surface area contributed by atoms with Gasteiger partial charge in [0.1, 0.15) is 11.5 Å². The summed E-state index contributed by atoms with van der Waals surface area (Å²) in [7, 11) is 0. The molecule has 1 N–H and O–H groups in total. The van der Waals surface area contributed by atoms with E-state index in [0.29, 0.717) is 16.6 Å². The first-order valence-electron chi connectivity index (χ1n) is 5.05. The Hall–Kier alpha value is -1.89. The van der Waals surface area contributed by atoms with E-state index in [2.05, 4.69) is 26.2 Å². The third-order valence-electron chi connectivity index (χ3n) is 2.20. The minimum absolute atomic E-state index is 0.00716. The first kappa shape index (κ1) is 13.5. The van der Waals surface area contributed by atoms with Gasteiger partial charge in [0.05, 0.1) is 5.69 Å². The van der Waals surface area contributed by atoms with E-state index in [9.17, 15) is 18.0 Å². The quantitative estimate of drug-likeness (QED) is 0.856. The van der Waals surface area contributed by atoms with Crippen molar-refractivity contribution in [1.82, 2.24) is 4.98 Å². The Morgan fingerprint density at radius 3 is 2.58 bits per heavy atom. The van der Waals surface area contributed by atoms with E-state index in [-0.39, 0.29) is 5.69 Å². The molecule has 0 saturated heterocycles. The number of carbonyl (C=O) groups is 1. The summed E-state index contributed by atoms with van der Waals surface area (Å²) < 4.78 is 39.9. The molecule has 0 unspecified atom stereocenters. The molecule has 0 fully saturated rings. The summed E-state index contributed by atoms with van der Waals surface area (Å²) >= 11 is 3.14. The lowest BCUT2D eigenvalue weighted by Gasteiger charge is -2.06. The average Bonchev–Trinajstić information content (AvgIpc) is 2.36. The van der Waals surface area contributed by atoms with Crippen LogP contribution in [0.25, 0.3) is 0 Å². The van der Waals surface area contributed by atoms with Gasteiger partial charge in [0.15, 0.2) is 11.6 Å². The number of hydrogen-bond acceptors (Lipinski definition) is 2. The van der Waals surface area contributed by atoms with Crippen LogP contribution in [0.1, 0.15) is 10.5 Å². The topological polar surface area (TPSA) is 42.0 Å². The summed E-state index contributed by atoms with van der Waals surface area (Å²) in [5.74, 6) is -4.46. The monoisotopic (exact) mass is 330 g/mol. The van der Waals surface area contributed by atoms with Crippen molar-refractivity contribution < 1.29 is 18.0 Å². The van der Waals surface area contributed by atoms with Crippen molar-refractivity contribution in [3.05, 3.63) is 58.1 Å². The molecule has 0 aliphatic carbocycles. The molecule has 2 aromatic rings. The van der Waals surface area contributed by atoms with E-state index in [0.717, 1.165) is 0 Å². The molecule has 0 aliphatic heterocycles. The Labute approximate surface area is 114 Å². The second-order valence-electron chi connectivity index (χ2n) is 3.56. The largest absolute Gasteiger partial charge is 0.318 e. The lowest BCUT2D eigenvalue weighted by molar-refractivity contribution is 0.102. The van der Waals surface area contributed by atoms with Crippen molar-refractivity contribution in [3.8, 4) is 0 Å². The Bertz CT molecular complexity index is 632. The summed E-state index contributed by atoms with van der Waals surface area (Å²) in [6.07, 6.45) is 1.37. The lowest BCUT2D eigenvalue weighted by atomic mass is 10.2. The highest BCUT2D eigenvalue weighted by Crippen LogP contribution is 2.19. The minimum atomic E-state index is -1.38. The maximum atomic E-state index is 13.3. The first-order valence-corrected chi connectivity index (χ1v) is 5.84. The number of nitrogens with one attached hydrogen (secondary N) is 1. The molecule has 1 aromatic carbocycles. The standard InChI is InChI=1S/C12H6BrF3N2O/c13-6-1-2-9(17-5-6)12(19)18-10-4-7(14)3-8(15)11(10)16/h1-5H,(H,18,19). The third kappa shape index (κ3) is 3.11. The van der Waals surface area contributed by atoms with Crippen LogP contribution in [0.15, 0.2) is 34.9 Å². The molecule has 1 aromatic heterocycles. The van der Waals surface area contributed by atoms with Crippen molar-refractivity contribution >= 4 is 27.5 Å². The predicted molar refractivity (Wildman–Crippen MR) is 66.2 cm³/mol. The normalized spacial score (nSPS) is 10.3. The van der Waals surface area contributed by atoms with E-state index in [1.807, 2.05) is 0 Å². The molecular formula is C12H6BrF3N2O. The summed E-state index contributed by atoms with van der Waals surface area (Å²) in [6, 6.07) is 4.02. The molecule has 1 heterocycles. The van der Waals surface area contributed by atoms with Crippen molar-refractivity contribution in [2.45, 2.75) is 0 Å². The fourth-order valence-corrected chi connectivity index (χ4v) is 1.58. The van der Waals surface area contributed by atoms with Crippen molar-refractivity contribution in [3.63, 3.8) is 0 Å². The second-order valence-corrected chi connectivity index (χ2v) is 4.48. The zero-order valence-electron chi connectivity index (χ0n) is 9.25. The Morgan fingerprint density at radius 1 is 1.21 bits per heavy atom. The number of carbonyl (C=O) groups excluding carboxylic acids is 1. The number of halogens is 4. The molecular weight excluding hydrogens is 325 g/mol. The van der Waals surface area contributed by atoms with Crippen molar-refractivity contribution in [2.24, 2.45) is 0 Å². The van der Waals surface area contributed by atoms with Gasteiger partial charge in [0.25, 0.3) is 5.91 Å². The van der Waals surface area contributed by atoms with Crippen LogP contribution in [0.2, 0.25) is 0 Å². The number of anilines is 1. The number of nitrogens with zero attached hydrogens (tertiary/aromatic N) is 1. The summed E-state index contributed by atoms with van der Waals surface area (Å²) in [6.45, 7) is 0. The second kappa shape index (κ2) is 5.40. The van der Waals surface area contributed by atoms with Crippen LogP contribution >= 0.6 is 15.9 Å². The van der Waals surface area contributed by atoms with Crippen molar-refractivity contribution in [2.75, 3.05) is 5.32 Å². The molecule has 0 radical (unpaired) electrons. The van der Waals surface area contributed by atoms with Gasteiger partial charge >= 0.3 is 0 Å². The van der Waals surface area contributed by atoms with Gasteiger partial charge in [-0.2, -0.15) is 0 Å². The Balaban J connectivity index is 2.26. The van der Waals surface area contributed by atoms with Gasteiger partial charge in [0.2, 0.25) is 0 Å². The molecule has 7 heteroatoms. The number of pyridine rings is 1. The van der Waals surface area contributed by atoms with Crippen LogP contribution in [-0.2, 0) is 0 Å². The van der Waals surface area contributed by atoms with E-state index < -0.39 is 29.0 Å². The zero-order valence-corrected chi connectivity index (χ0v) is 10.8. The first-order chi connectivity index (χ1) is 8.97. The third-order valence-corrected chi connectivity index (χ3v) is 2.67. The van der Waals surface area contributed by atoms with Crippen LogP contribution in [0.4, 0.5) is 18.9 Å². The van der Waals surface area contributed by atoms with Gasteiger partial charge in [-0.1, -0.05) is 0 Å². The smallest absolute Gasteiger partial charge is 0.274 e. The lowest BCUT2D eigenvalue weighted by Crippen LogP contribution is -2.15. The molecule has 1 amide bonds. The molecule has 0 aliphatic rings. The van der Waals surface area contributed by atoms with E-state index in [1.165, 1.54) is 12.3 Å². The number of aromatic nitrogens is 1. The SMILES string of the molecule is O=C(Nc1cc(F)cc(F)c1F)c1ccc(Br)cn1. The van der Waals surface area contributed by atoms with Crippen LogP contribution in [-0.4, -0.2) is 10.9 Å². The number of rotatable bonds is 2. The molecule has 19 heavy (non-hydrogen) atoms. The predicted octanol–water partition coefficient (Wildman–Crippen LogP) is 3.51. The van der Waals surface area contributed by atoms with Gasteiger partial charge in [-0.15, -0.1) is 0 Å². The van der Waals surface area contributed by atoms with Crippen LogP contribution in [0, 0.1) is 17.5 Å². The number of hydrogen-bond donors (Lipinski definition) is 1. The maximum absolute atomic E-state index is 13.3. The van der Waals surface area contributed by atoms with E-state index >= 15 is 0 Å². The maximum Gasteiger partial charge on any atom is 0.274 e. The van der Waals surface area contributed by atoms with Gasteiger partial charge in [0, 0.05) is 22.8 Å². The van der Waals surface area contributed by atoms with Crippen LogP contribution in [0.3, 0.4) is 0 Å². The molecule has 0 bridgehead atoms. The molecule has 0 atom stereocenters. The highest BCUT2D eigenvalue weighted by atomic mass is 79.9. The molecule has 2 rings (SSSR count). The number of amides is 1. The van der Waals surface area contributed by atoms with Gasteiger partial charge in [-0.3, -0.25) is 4.79 Å². The number of benzene rings is 1. The summed E-state index contributed by atoms with van der Waals surface area (Å²) in [5, 5.41) is 2.06. The van der Waals surface area contributed by atoms with Crippen molar-refractivity contribution in [1.29, 1.82) is 0 Å². The fraction of sp³-hybridized carbons (Fsp3) is 0. The average molecular weight is 331 g/mol. The van der Waals surface area contributed by atoms with Gasteiger partial charge in [-0.05, 0) is 28.1 Å². The molecule has 0 spiro atoms. The summed E-state index contributed by atoms with van der Waals surface area (Å²) in [4.78, 5) is 15.5. The highest BCUT2D eigenvalue weighted by molar-refractivity contribution is 9.10. The van der Waals surface area contributed by atoms with E-state index in [4.69, 9.17) is 0 Å². The molecule has 3 nitrogen and oxygen atoms in total. The van der Waals surface area contributed by atoms with Gasteiger partial charge < -0.3 is 5.32 Å². The van der Waals surface area contributed by atoms with Gasteiger partial charge in [-0.25, -0.2) is 18.2 Å². The zero-order chi connectivity index (χ0) is 14.0. The molecule has 98 valence electrons. The van der Waals surface area contributed by atoms with E-state index in [1.54, 1.807) is 6.07 Å². The molecule has 0 saturated carbocycles. The van der Waals surface area contributed by atoms with Crippen LogP contribution in [0.5, 0.6) is 0 Å².